The van der Waals surface area contributed by atoms with Crippen molar-refractivity contribution >= 4 is 11.7 Å². The maximum atomic E-state index is 11.7. The predicted octanol–water partition coefficient (Wildman–Crippen LogP) is 0.916. The van der Waals surface area contributed by atoms with E-state index < -0.39 is 0 Å². The number of likely N-dealkylation sites (tertiary alicyclic amines) is 1. The lowest BCUT2D eigenvalue weighted by Crippen LogP contribution is -2.36. The number of rotatable bonds is 2. The van der Waals surface area contributed by atoms with Gasteiger partial charge < -0.3 is 15.8 Å². The van der Waals surface area contributed by atoms with Crippen LogP contribution in [0.25, 0.3) is 0 Å². The number of nitrogens with zero attached hydrogens (tertiary/aromatic N) is 2. The highest BCUT2D eigenvalue weighted by atomic mass is 16.4. The molecule has 1 fully saturated rings. The number of nitrogens with two attached hydrogens (primary N) is 1. The smallest absolute Gasteiger partial charge is 0.230 e. The van der Waals surface area contributed by atoms with Crippen LogP contribution in [-0.4, -0.2) is 34.9 Å². The van der Waals surface area contributed by atoms with Crippen molar-refractivity contribution in [1.82, 2.24) is 4.90 Å². The molecule has 1 aliphatic heterocycles. The molecular weight excluding hydrogens is 194 g/mol. The average molecular weight is 213 g/mol. The normalized spacial score (nSPS) is 19.5. The summed E-state index contributed by atoms with van der Waals surface area (Å²) in [6.07, 6.45) is 5.78. The molecule has 1 amide bonds. The van der Waals surface area contributed by atoms with Gasteiger partial charge in [-0.15, -0.1) is 0 Å². The van der Waals surface area contributed by atoms with E-state index in [-0.39, 0.29) is 18.2 Å². The SMILES string of the molecule is N/C(CC(=O)N1CCCCCCC1)=N\O. The van der Waals surface area contributed by atoms with E-state index in [0.717, 1.165) is 25.9 Å². The van der Waals surface area contributed by atoms with Crippen molar-refractivity contribution in [1.29, 1.82) is 0 Å². The number of hydrogen-bond donors (Lipinski definition) is 2. The van der Waals surface area contributed by atoms with Gasteiger partial charge >= 0.3 is 0 Å². The van der Waals surface area contributed by atoms with Gasteiger partial charge in [0.2, 0.25) is 5.91 Å². The van der Waals surface area contributed by atoms with E-state index in [1.807, 2.05) is 4.90 Å². The van der Waals surface area contributed by atoms with Crippen molar-refractivity contribution in [3.8, 4) is 0 Å². The minimum atomic E-state index is -0.0350. The Kier molecular flexibility index (Phi) is 4.93. The fourth-order valence-corrected chi connectivity index (χ4v) is 1.80. The Hall–Kier alpha value is -1.26. The fourth-order valence-electron chi connectivity index (χ4n) is 1.80. The molecule has 5 nitrogen and oxygen atoms in total. The van der Waals surface area contributed by atoms with E-state index in [0.29, 0.717) is 0 Å². The van der Waals surface area contributed by atoms with Crippen molar-refractivity contribution in [2.75, 3.05) is 13.1 Å². The molecule has 0 atom stereocenters. The topological polar surface area (TPSA) is 78.9 Å². The summed E-state index contributed by atoms with van der Waals surface area (Å²) >= 11 is 0. The Morgan fingerprint density at radius 3 is 2.27 bits per heavy atom. The van der Waals surface area contributed by atoms with Gasteiger partial charge in [-0.25, -0.2) is 0 Å². The number of carbonyl (C=O) groups is 1. The molecule has 1 saturated heterocycles. The Morgan fingerprint density at radius 2 is 1.73 bits per heavy atom. The molecule has 3 N–H and O–H groups in total. The molecule has 1 aliphatic rings. The lowest BCUT2D eigenvalue weighted by Gasteiger charge is -2.24. The maximum absolute atomic E-state index is 11.7. The number of hydrogen-bond acceptors (Lipinski definition) is 3. The molecule has 0 aromatic rings. The molecule has 86 valence electrons. The van der Waals surface area contributed by atoms with Crippen molar-refractivity contribution in [2.45, 2.75) is 38.5 Å². The highest BCUT2D eigenvalue weighted by Crippen LogP contribution is 2.11. The van der Waals surface area contributed by atoms with E-state index in [4.69, 9.17) is 10.9 Å². The molecule has 1 rings (SSSR count). The Morgan fingerprint density at radius 1 is 1.20 bits per heavy atom. The van der Waals surface area contributed by atoms with Gasteiger partial charge in [0.1, 0.15) is 5.84 Å². The third-order valence-corrected chi connectivity index (χ3v) is 2.67. The zero-order valence-electron chi connectivity index (χ0n) is 8.98. The first-order valence-corrected chi connectivity index (χ1v) is 5.48. The molecule has 0 bridgehead atoms. The Balaban J connectivity index is 2.41. The van der Waals surface area contributed by atoms with E-state index in [1.165, 1.54) is 19.3 Å². The largest absolute Gasteiger partial charge is 0.409 e. The van der Waals surface area contributed by atoms with Crippen LogP contribution in [0.3, 0.4) is 0 Å². The van der Waals surface area contributed by atoms with Crippen molar-refractivity contribution in [2.24, 2.45) is 10.9 Å². The Bertz CT molecular complexity index is 233. The first-order chi connectivity index (χ1) is 7.24. The van der Waals surface area contributed by atoms with Crippen LogP contribution in [0.1, 0.15) is 38.5 Å². The van der Waals surface area contributed by atoms with E-state index >= 15 is 0 Å². The van der Waals surface area contributed by atoms with E-state index in [9.17, 15) is 4.79 Å². The zero-order valence-corrected chi connectivity index (χ0v) is 8.98. The summed E-state index contributed by atoms with van der Waals surface area (Å²) in [7, 11) is 0. The molecule has 0 unspecified atom stereocenters. The van der Waals surface area contributed by atoms with Crippen LogP contribution < -0.4 is 5.73 Å². The number of amidine groups is 1. The molecule has 0 radical (unpaired) electrons. The third-order valence-electron chi connectivity index (χ3n) is 2.67. The van der Waals surface area contributed by atoms with Crippen LogP contribution in [0.4, 0.5) is 0 Å². The maximum Gasteiger partial charge on any atom is 0.230 e. The van der Waals surface area contributed by atoms with Gasteiger partial charge in [0.25, 0.3) is 0 Å². The van der Waals surface area contributed by atoms with Gasteiger partial charge in [-0.2, -0.15) is 0 Å². The average Bonchev–Trinajstić information content (AvgIpc) is 2.16. The second kappa shape index (κ2) is 6.27. The molecule has 0 aromatic carbocycles. The monoisotopic (exact) mass is 213 g/mol. The van der Waals surface area contributed by atoms with Gasteiger partial charge in [-0.05, 0) is 12.8 Å². The van der Waals surface area contributed by atoms with Gasteiger partial charge in [0.15, 0.2) is 0 Å². The minimum absolute atomic E-state index is 0.0120. The summed E-state index contributed by atoms with van der Waals surface area (Å²) in [6.45, 7) is 1.61. The van der Waals surface area contributed by atoms with E-state index in [2.05, 4.69) is 5.16 Å². The minimum Gasteiger partial charge on any atom is -0.409 e. The van der Waals surface area contributed by atoms with Crippen LogP contribution in [0.15, 0.2) is 5.16 Å². The highest BCUT2D eigenvalue weighted by molar-refractivity contribution is 5.98. The number of carbonyl (C=O) groups excluding carboxylic acids is 1. The number of oxime groups is 1. The molecular formula is C10H19N3O2. The van der Waals surface area contributed by atoms with Crippen LogP contribution in [0.2, 0.25) is 0 Å². The van der Waals surface area contributed by atoms with Gasteiger partial charge in [-0.3, -0.25) is 4.79 Å². The molecule has 15 heavy (non-hydrogen) atoms. The first-order valence-electron chi connectivity index (χ1n) is 5.48. The van der Waals surface area contributed by atoms with E-state index in [1.54, 1.807) is 0 Å². The molecule has 0 aromatic heterocycles. The summed E-state index contributed by atoms with van der Waals surface area (Å²) in [6, 6.07) is 0. The van der Waals surface area contributed by atoms with Crippen molar-refractivity contribution in [3.63, 3.8) is 0 Å². The van der Waals surface area contributed by atoms with Crippen molar-refractivity contribution in [3.05, 3.63) is 0 Å². The second-order valence-electron chi connectivity index (χ2n) is 3.92. The summed E-state index contributed by atoms with van der Waals surface area (Å²) in [5.74, 6) is -0.0470. The van der Waals surface area contributed by atoms with Gasteiger partial charge in [0.05, 0.1) is 6.42 Å². The zero-order chi connectivity index (χ0) is 11.1. The molecule has 0 saturated carbocycles. The fraction of sp³-hybridized carbons (Fsp3) is 0.800. The highest BCUT2D eigenvalue weighted by Gasteiger charge is 2.15. The number of amides is 1. The summed E-state index contributed by atoms with van der Waals surface area (Å²) in [5.41, 5.74) is 5.30. The van der Waals surface area contributed by atoms with Crippen molar-refractivity contribution < 1.29 is 10.0 Å². The lowest BCUT2D eigenvalue weighted by atomic mass is 10.1. The van der Waals surface area contributed by atoms with Crippen LogP contribution in [-0.2, 0) is 4.79 Å². The lowest BCUT2D eigenvalue weighted by molar-refractivity contribution is -0.130. The molecule has 5 heteroatoms. The first kappa shape index (κ1) is 11.8. The van der Waals surface area contributed by atoms with Gasteiger partial charge in [-0.1, -0.05) is 24.4 Å². The quantitative estimate of drug-likeness (QED) is 0.310. The molecule has 1 heterocycles. The van der Waals surface area contributed by atoms with Crippen LogP contribution in [0, 0.1) is 0 Å². The third kappa shape index (κ3) is 4.18. The Labute approximate surface area is 89.9 Å². The molecule has 0 spiro atoms. The summed E-state index contributed by atoms with van der Waals surface area (Å²) in [5, 5.41) is 11.2. The second-order valence-corrected chi connectivity index (χ2v) is 3.92. The van der Waals surface area contributed by atoms with Gasteiger partial charge in [0, 0.05) is 13.1 Å². The van der Waals surface area contributed by atoms with Crippen LogP contribution >= 0.6 is 0 Å². The summed E-state index contributed by atoms with van der Waals surface area (Å²) < 4.78 is 0. The van der Waals surface area contributed by atoms with Crippen LogP contribution in [0.5, 0.6) is 0 Å². The predicted molar refractivity (Wildman–Crippen MR) is 57.7 cm³/mol. The standard InChI is InChI=1S/C10H19N3O2/c11-9(12-15)8-10(14)13-6-4-2-1-3-5-7-13/h15H,1-8H2,(H2,11,12). The summed E-state index contributed by atoms with van der Waals surface area (Å²) in [4.78, 5) is 13.5. The molecule has 0 aliphatic carbocycles.